The first-order valence-electron chi connectivity index (χ1n) is 12.6. The van der Waals surface area contributed by atoms with Crippen LogP contribution >= 0.6 is 0 Å². The minimum absolute atomic E-state index is 0.0362. The Morgan fingerprint density at radius 1 is 1.05 bits per heavy atom. The number of carbonyl (C=O) groups is 1. The van der Waals surface area contributed by atoms with Gasteiger partial charge < -0.3 is 14.5 Å². The van der Waals surface area contributed by atoms with E-state index in [-0.39, 0.29) is 28.3 Å². The normalized spacial score (nSPS) is 19.3. The molecule has 0 bridgehead atoms. The van der Waals surface area contributed by atoms with Gasteiger partial charge in [0.15, 0.2) is 10.0 Å². The number of nitrogens with one attached hydrogen (secondary N) is 1. The molecule has 0 saturated heterocycles. The highest BCUT2D eigenvalue weighted by Crippen LogP contribution is 2.29. The number of carbonyl (C=O) groups excluding carboxylic acids is 1. The van der Waals surface area contributed by atoms with Gasteiger partial charge in [-0.1, -0.05) is 19.8 Å². The highest BCUT2D eigenvalue weighted by atomic mass is 32.2. The van der Waals surface area contributed by atoms with E-state index in [1.807, 2.05) is 6.92 Å². The second-order valence-electron chi connectivity index (χ2n) is 9.53. The molecule has 3 aromatic rings. The van der Waals surface area contributed by atoms with Gasteiger partial charge in [-0.2, -0.15) is 4.31 Å². The smallest absolute Gasteiger partial charge is 0.243 e. The third kappa shape index (κ3) is 7.27. The molecule has 3 atom stereocenters. The summed E-state index contributed by atoms with van der Waals surface area (Å²) in [4.78, 5) is 12.7. The van der Waals surface area contributed by atoms with Gasteiger partial charge in [0.05, 0.1) is 42.3 Å². The van der Waals surface area contributed by atoms with E-state index >= 15 is 0 Å². The van der Waals surface area contributed by atoms with Crippen LogP contribution in [0.3, 0.4) is 0 Å². The maximum atomic E-state index is 13.6. The molecule has 1 aromatic heterocycles. The molecule has 4 rings (SSSR count). The van der Waals surface area contributed by atoms with E-state index in [9.17, 15) is 22.0 Å². The zero-order valence-corrected chi connectivity index (χ0v) is 23.5. The molecule has 1 fully saturated rings. The molecule has 1 heterocycles. The molecule has 1 unspecified atom stereocenters. The molecule has 2 N–H and O–H groups in total. The van der Waals surface area contributed by atoms with Gasteiger partial charge in [0, 0.05) is 5.69 Å². The Hall–Kier alpha value is -3.19. The van der Waals surface area contributed by atoms with E-state index < -0.39 is 32.5 Å². The number of anilines is 1. The summed E-state index contributed by atoms with van der Waals surface area (Å²) in [5, 5.41) is 2.68. The fourth-order valence-electron chi connectivity index (χ4n) is 4.47. The Labute approximate surface area is 229 Å². The first-order chi connectivity index (χ1) is 18.6. The number of ether oxygens (including phenoxy) is 1. The number of nitrogens with zero attached hydrogens (tertiary/aromatic N) is 2. The van der Waals surface area contributed by atoms with Crippen molar-refractivity contribution in [1.82, 2.24) is 4.31 Å². The largest absolute Gasteiger partial charge is 0.497 e. The Bertz CT molecular complexity index is 1480. The van der Waals surface area contributed by atoms with Crippen LogP contribution < -0.4 is 10.1 Å². The van der Waals surface area contributed by atoms with Crippen LogP contribution in [0.5, 0.6) is 5.75 Å². The average Bonchev–Trinajstić information content (AvgIpc) is 3.43. The van der Waals surface area contributed by atoms with E-state index in [0.29, 0.717) is 17.2 Å². The van der Waals surface area contributed by atoms with E-state index in [1.54, 1.807) is 36.4 Å². The number of amides is 1. The standard InChI is InChI=1S/C27H33N3O7S2/c1-20-6-3-4-8-26(20)29-38(32,33)24-13-15-25(16-14-24)39(34,35)30(18-23-7-5-17-37-23)19-27(31)28-21-9-11-22(36-2)12-10-21/h5,7,9-17,20,26H,3-4,6,8,18-19H2,1-2H3,(H,28,31)(H,29,32,33)/t20-,26+/m0/s1. The highest BCUT2D eigenvalue weighted by molar-refractivity contribution is 7.89. The zero-order chi connectivity index (χ0) is 28.0. The van der Waals surface area contributed by atoms with Gasteiger partial charge in [-0.05, 0) is 79.4 Å². The zero-order valence-electron chi connectivity index (χ0n) is 21.9. The van der Waals surface area contributed by atoms with Crippen molar-refractivity contribution in [3.8, 4) is 5.75 Å². The minimum atomic E-state index is -4.19. The second-order valence-corrected chi connectivity index (χ2v) is 13.1. The van der Waals surface area contributed by atoms with Crippen molar-refractivity contribution in [2.75, 3.05) is 19.0 Å². The van der Waals surface area contributed by atoms with Crippen LogP contribution in [0.25, 0.3) is 0 Å². The predicted octanol–water partition coefficient (Wildman–Crippen LogP) is 5.00. The van der Waals surface area contributed by atoms with Crippen LogP contribution in [-0.2, 0) is 31.4 Å². The highest BCUT2D eigenvalue weighted by Gasteiger charge is 2.29. The molecular formula is C27H33N3O7S2. The number of rotatable bonds is 10. The lowest BCUT2D eigenvalue weighted by Crippen LogP contribution is -2.37. The van der Waals surface area contributed by atoms with E-state index in [0.717, 1.165) is 30.0 Å². The van der Waals surface area contributed by atoms with Crippen molar-refractivity contribution >= 4 is 31.6 Å². The van der Waals surface area contributed by atoms with Gasteiger partial charge in [-0.15, -0.1) is 0 Å². The van der Waals surface area contributed by atoms with Crippen LogP contribution in [0.2, 0.25) is 0 Å². The number of benzene rings is 2. The molecule has 1 amide bonds. The minimum Gasteiger partial charge on any atom is -0.497 e. The molecule has 0 radical (unpaired) electrons. The molecule has 1 aliphatic carbocycles. The van der Waals surface area contributed by atoms with Gasteiger partial charge in [0.25, 0.3) is 0 Å². The fourth-order valence-corrected chi connectivity index (χ4v) is 7.13. The lowest BCUT2D eigenvalue weighted by Gasteiger charge is -2.25. The van der Waals surface area contributed by atoms with Crippen molar-refractivity contribution in [2.24, 2.45) is 10.3 Å². The van der Waals surface area contributed by atoms with Crippen LogP contribution in [0.4, 0.5) is 5.69 Å². The third-order valence-electron chi connectivity index (χ3n) is 6.72. The Balaban J connectivity index is 1.55. The molecule has 10 nitrogen and oxygen atoms in total. The summed E-state index contributed by atoms with van der Waals surface area (Å²) in [6.45, 7) is 1.36. The topological polar surface area (TPSA) is 139 Å². The Morgan fingerprint density at radius 3 is 2.33 bits per heavy atom. The van der Waals surface area contributed by atoms with Crippen molar-refractivity contribution in [3.05, 3.63) is 72.7 Å². The van der Waals surface area contributed by atoms with Gasteiger partial charge in [0.2, 0.25) is 15.9 Å². The van der Waals surface area contributed by atoms with Gasteiger partial charge in [0.1, 0.15) is 11.5 Å². The monoisotopic (exact) mass is 575 g/mol. The van der Waals surface area contributed by atoms with Gasteiger partial charge >= 0.3 is 0 Å². The van der Waals surface area contributed by atoms with E-state index in [2.05, 4.69) is 9.68 Å². The molecule has 1 saturated carbocycles. The first kappa shape index (κ1) is 28.8. The molecule has 2 aromatic carbocycles. The number of hydrogen-bond donors (Lipinski definition) is 2. The molecule has 1 aliphatic rings. The molecule has 39 heavy (non-hydrogen) atoms. The summed E-state index contributed by atoms with van der Waals surface area (Å²) in [6, 6.07) is 14.8. The van der Waals surface area contributed by atoms with E-state index in [1.165, 1.54) is 37.6 Å². The molecule has 0 aliphatic heterocycles. The Kier molecular flexibility index (Phi) is 9.11. The van der Waals surface area contributed by atoms with Crippen LogP contribution in [0.1, 0.15) is 38.4 Å². The molecule has 210 valence electrons. The van der Waals surface area contributed by atoms with Crippen molar-refractivity contribution < 1.29 is 31.1 Å². The summed E-state index contributed by atoms with van der Waals surface area (Å²) in [6.07, 6.45) is 5.17. The second kappa shape index (κ2) is 12.3. The maximum Gasteiger partial charge on any atom is 0.243 e. The van der Waals surface area contributed by atoms with Gasteiger partial charge in [-0.3, -0.25) is 9.35 Å². The fraction of sp³-hybridized carbons (Fsp3) is 0.370. The first-order valence-corrected chi connectivity index (χ1v) is 15.5. The summed E-state index contributed by atoms with van der Waals surface area (Å²) in [7, 11) is -6.35. The number of hydrogen-bond acceptors (Lipinski definition) is 7. The molecule has 12 heteroatoms. The van der Waals surface area contributed by atoms with Crippen molar-refractivity contribution in [2.45, 2.75) is 55.0 Å². The lowest BCUT2D eigenvalue weighted by atomic mass is 9.87. The molecule has 0 spiro atoms. The average molecular weight is 576 g/mol. The van der Waals surface area contributed by atoms with E-state index in [4.69, 9.17) is 9.15 Å². The SMILES string of the molecule is COc1ccc(NC(=O)CN(Cc2ccco2)S(=O)(=O)c2ccc(S(=O)(O)=N[C@@H]3CCCC[C@@H]3C)cc2)cc1. The van der Waals surface area contributed by atoms with Crippen molar-refractivity contribution in [3.63, 3.8) is 0 Å². The summed E-state index contributed by atoms with van der Waals surface area (Å²) >= 11 is 0. The maximum absolute atomic E-state index is 13.6. The predicted molar refractivity (Wildman–Crippen MR) is 147 cm³/mol. The van der Waals surface area contributed by atoms with Crippen molar-refractivity contribution in [1.29, 1.82) is 0 Å². The third-order valence-corrected chi connectivity index (χ3v) is 9.97. The van der Waals surface area contributed by atoms with Crippen LogP contribution in [0, 0.1) is 5.92 Å². The summed E-state index contributed by atoms with van der Waals surface area (Å²) < 4.78 is 66.5. The van der Waals surface area contributed by atoms with Crippen LogP contribution in [0.15, 0.2) is 85.5 Å². The quantitative estimate of drug-likeness (QED) is 0.347. The van der Waals surface area contributed by atoms with Gasteiger partial charge in [-0.25, -0.2) is 17.0 Å². The lowest BCUT2D eigenvalue weighted by molar-refractivity contribution is -0.116. The summed E-state index contributed by atoms with van der Waals surface area (Å²) in [5.41, 5.74) is 0.481. The van der Waals surface area contributed by atoms with Crippen LogP contribution in [-0.4, -0.2) is 47.1 Å². The Morgan fingerprint density at radius 2 is 1.72 bits per heavy atom. The number of furan rings is 1. The summed E-state index contributed by atoms with van der Waals surface area (Å²) in [5.74, 6) is 0.633. The number of sulfonamides is 1. The molecular weight excluding hydrogens is 542 g/mol. The number of methoxy groups -OCH3 is 1.